The lowest BCUT2D eigenvalue weighted by Crippen LogP contribution is -2.01. The molecule has 3 heterocycles. The number of hydrogen-bond acceptors (Lipinski definition) is 5. The topological polar surface area (TPSA) is 64.8 Å². The van der Waals surface area contributed by atoms with Gasteiger partial charge in [0.2, 0.25) is 0 Å². The number of nitrogens with zero attached hydrogens (tertiary/aromatic N) is 3. The van der Waals surface area contributed by atoms with Crippen LogP contribution in [0.1, 0.15) is 10.6 Å². The maximum absolute atomic E-state index is 11.6. The van der Waals surface area contributed by atoms with E-state index in [0.717, 1.165) is 35.3 Å². The fourth-order valence-electron chi connectivity index (χ4n) is 2.81. The van der Waals surface area contributed by atoms with Crippen LogP contribution in [0.25, 0.3) is 16.7 Å². The van der Waals surface area contributed by atoms with Crippen LogP contribution in [0.4, 0.5) is 0 Å². The van der Waals surface area contributed by atoms with Gasteiger partial charge in [0, 0.05) is 22.2 Å². The fourth-order valence-corrected chi connectivity index (χ4v) is 4.15. The van der Waals surface area contributed by atoms with E-state index in [1.807, 2.05) is 12.1 Å². The Morgan fingerprint density at radius 3 is 2.54 bits per heavy atom. The van der Waals surface area contributed by atoms with Gasteiger partial charge in [0.25, 0.3) is 0 Å². The molecule has 0 amide bonds. The Morgan fingerprint density at radius 1 is 1.04 bits per heavy atom. The minimum Gasteiger partial charge on any atom is -0.233 e. The van der Waals surface area contributed by atoms with Crippen LogP contribution in [0, 0.1) is 0 Å². The largest absolute Gasteiger partial charge is 0.233 e. The number of hydrogen-bond donors (Lipinski definition) is 0. The van der Waals surface area contributed by atoms with E-state index >= 15 is 0 Å². The molecular weight excluding hydrogens is 366 g/mol. The highest BCUT2D eigenvalue weighted by atomic mass is 32.2. The van der Waals surface area contributed by atoms with E-state index in [4.69, 9.17) is 4.98 Å². The van der Waals surface area contributed by atoms with Crippen LogP contribution in [0.2, 0.25) is 0 Å². The van der Waals surface area contributed by atoms with Gasteiger partial charge >= 0.3 is 0 Å². The molecule has 1 aromatic carbocycles. The lowest BCUT2D eigenvalue weighted by atomic mass is 10.2. The lowest BCUT2D eigenvalue weighted by Gasteiger charge is -2.06. The van der Waals surface area contributed by atoms with Crippen LogP contribution >= 0.6 is 11.3 Å². The molecule has 0 radical (unpaired) electrons. The summed E-state index contributed by atoms with van der Waals surface area (Å²) in [4.78, 5) is 6.41. The smallest absolute Gasteiger partial charge is 0.175 e. The average Bonchev–Trinajstić information content (AvgIpc) is 3.28. The number of rotatable bonds is 5. The van der Waals surface area contributed by atoms with Crippen molar-refractivity contribution in [3.05, 3.63) is 70.7 Å². The first-order valence-electron chi connectivity index (χ1n) is 8.17. The summed E-state index contributed by atoms with van der Waals surface area (Å²) in [6.07, 6.45) is 4.81. The predicted octanol–water partition coefficient (Wildman–Crippen LogP) is 3.67. The predicted molar refractivity (Wildman–Crippen MR) is 104 cm³/mol. The molecule has 0 bridgehead atoms. The Hall–Kier alpha value is -2.51. The van der Waals surface area contributed by atoms with Gasteiger partial charge < -0.3 is 0 Å². The Bertz CT molecular complexity index is 1150. The quantitative estimate of drug-likeness (QED) is 0.527. The molecule has 0 saturated heterocycles. The Kier molecular flexibility index (Phi) is 4.34. The lowest BCUT2D eigenvalue weighted by molar-refractivity contribution is 0.602. The summed E-state index contributed by atoms with van der Waals surface area (Å²) in [7, 11) is -3.21. The third kappa shape index (κ3) is 3.40. The molecule has 0 spiro atoms. The molecule has 26 heavy (non-hydrogen) atoms. The van der Waals surface area contributed by atoms with Crippen LogP contribution in [0.5, 0.6) is 0 Å². The summed E-state index contributed by atoms with van der Waals surface area (Å²) < 4.78 is 25.0. The molecule has 7 heteroatoms. The van der Waals surface area contributed by atoms with Crippen molar-refractivity contribution in [2.45, 2.75) is 17.7 Å². The van der Waals surface area contributed by atoms with E-state index in [-0.39, 0.29) is 0 Å². The first kappa shape index (κ1) is 16.9. The molecule has 0 unspecified atom stereocenters. The first-order chi connectivity index (χ1) is 12.5. The van der Waals surface area contributed by atoms with Crippen molar-refractivity contribution in [3.63, 3.8) is 0 Å². The zero-order valence-electron chi connectivity index (χ0n) is 14.2. The molecule has 0 aliphatic rings. The van der Waals surface area contributed by atoms with Crippen molar-refractivity contribution in [2.24, 2.45) is 0 Å². The summed E-state index contributed by atoms with van der Waals surface area (Å²) in [6.45, 7) is 0. The molecule has 4 rings (SSSR count). The Balaban J connectivity index is 1.66. The third-order valence-electron chi connectivity index (χ3n) is 4.19. The van der Waals surface area contributed by atoms with Crippen LogP contribution in [-0.2, 0) is 22.7 Å². The maximum Gasteiger partial charge on any atom is 0.175 e. The number of benzene rings is 1. The second kappa shape index (κ2) is 6.66. The Morgan fingerprint density at radius 2 is 1.85 bits per heavy atom. The van der Waals surface area contributed by atoms with Crippen molar-refractivity contribution in [1.29, 1.82) is 0 Å². The van der Waals surface area contributed by atoms with Crippen molar-refractivity contribution >= 4 is 32.2 Å². The monoisotopic (exact) mass is 383 g/mol. The molecule has 0 N–H and O–H groups in total. The Labute approximate surface area is 155 Å². The summed E-state index contributed by atoms with van der Waals surface area (Å²) in [6, 6.07) is 15.0. The minimum atomic E-state index is -3.21. The second-order valence-electron chi connectivity index (χ2n) is 6.12. The average molecular weight is 383 g/mol. The first-order valence-corrected chi connectivity index (χ1v) is 10.9. The molecule has 0 aliphatic heterocycles. The van der Waals surface area contributed by atoms with Gasteiger partial charge in [-0.2, -0.15) is 5.10 Å². The summed E-state index contributed by atoms with van der Waals surface area (Å²) in [5.41, 5.74) is 2.58. The van der Waals surface area contributed by atoms with Gasteiger partial charge in [-0.3, -0.25) is 0 Å². The number of aryl methyl sites for hydroxylation is 2. The zero-order chi connectivity index (χ0) is 18.1. The molecule has 0 aliphatic carbocycles. The van der Waals surface area contributed by atoms with Gasteiger partial charge in [0.15, 0.2) is 15.5 Å². The van der Waals surface area contributed by atoms with Gasteiger partial charge in [0.1, 0.15) is 0 Å². The molecular formula is C19H17N3O2S2. The van der Waals surface area contributed by atoms with Crippen molar-refractivity contribution < 1.29 is 8.42 Å². The van der Waals surface area contributed by atoms with Gasteiger partial charge in [-0.15, -0.1) is 11.3 Å². The number of sulfone groups is 1. The van der Waals surface area contributed by atoms with E-state index < -0.39 is 9.84 Å². The van der Waals surface area contributed by atoms with E-state index in [9.17, 15) is 8.42 Å². The van der Waals surface area contributed by atoms with Gasteiger partial charge in [-0.05, 0) is 60.7 Å². The number of fused-ring (bicyclic) bond motifs is 1. The molecule has 0 atom stereocenters. The molecule has 5 nitrogen and oxygen atoms in total. The summed E-state index contributed by atoms with van der Waals surface area (Å²) in [5.74, 6) is 0. The van der Waals surface area contributed by atoms with Gasteiger partial charge in [-0.25, -0.2) is 18.1 Å². The van der Waals surface area contributed by atoms with E-state index in [1.54, 1.807) is 46.5 Å². The van der Waals surface area contributed by atoms with Crippen molar-refractivity contribution in [1.82, 2.24) is 14.8 Å². The molecule has 4 aromatic rings. The van der Waals surface area contributed by atoms with Crippen LogP contribution in [-0.4, -0.2) is 29.4 Å². The normalized spacial score (nSPS) is 11.9. The SMILES string of the molecule is CS(=O)(=O)c1ccc(-n2ncc3ccc(CCc4cccs4)nc32)cc1. The van der Waals surface area contributed by atoms with E-state index in [2.05, 4.69) is 22.6 Å². The maximum atomic E-state index is 11.6. The van der Waals surface area contributed by atoms with Gasteiger partial charge in [-0.1, -0.05) is 6.07 Å². The highest BCUT2D eigenvalue weighted by Crippen LogP contribution is 2.20. The fraction of sp³-hybridized carbons (Fsp3) is 0.158. The van der Waals surface area contributed by atoms with Crippen molar-refractivity contribution in [3.8, 4) is 5.69 Å². The number of thiophene rings is 1. The highest BCUT2D eigenvalue weighted by molar-refractivity contribution is 7.90. The van der Waals surface area contributed by atoms with E-state index in [1.165, 1.54) is 11.1 Å². The molecule has 132 valence electrons. The molecule has 3 aromatic heterocycles. The van der Waals surface area contributed by atoms with Crippen LogP contribution in [0.3, 0.4) is 0 Å². The van der Waals surface area contributed by atoms with Gasteiger partial charge in [0.05, 0.1) is 16.8 Å². The number of aromatic nitrogens is 3. The number of pyridine rings is 1. The third-order valence-corrected chi connectivity index (χ3v) is 6.26. The zero-order valence-corrected chi connectivity index (χ0v) is 15.8. The molecule has 0 fully saturated rings. The van der Waals surface area contributed by atoms with Crippen LogP contribution < -0.4 is 0 Å². The summed E-state index contributed by atoms with van der Waals surface area (Å²) >= 11 is 1.76. The second-order valence-corrected chi connectivity index (χ2v) is 9.17. The summed E-state index contributed by atoms with van der Waals surface area (Å²) in [5, 5.41) is 7.46. The highest BCUT2D eigenvalue weighted by Gasteiger charge is 2.10. The van der Waals surface area contributed by atoms with Crippen LogP contribution in [0.15, 0.2) is 65.0 Å². The van der Waals surface area contributed by atoms with Crippen molar-refractivity contribution in [2.75, 3.05) is 6.26 Å². The minimum absolute atomic E-state index is 0.294. The van der Waals surface area contributed by atoms with E-state index in [0.29, 0.717) is 4.90 Å². The molecule has 0 saturated carbocycles. The standard InChI is InChI=1S/C19H17N3O2S2/c1-26(23,24)18-10-7-16(8-11-18)22-19-14(13-20-22)4-5-15(21-19)6-9-17-3-2-12-25-17/h2-5,7-8,10-13H,6,9H2,1H3.